The van der Waals surface area contributed by atoms with E-state index in [9.17, 15) is 18.0 Å². The Bertz CT molecular complexity index is 1050. The largest absolute Gasteiger partial charge is 0.573 e. The molecular weight excluding hydrogens is 395 g/mol. The fraction of sp³-hybridized carbons (Fsp3) is 0.222. The Morgan fingerprint density at radius 1 is 1.21 bits per heavy atom. The van der Waals surface area contributed by atoms with E-state index < -0.39 is 12.3 Å². The summed E-state index contributed by atoms with van der Waals surface area (Å²) in [5, 5.41) is 4.71. The number of aryl methyl sites for hydroxylation is 2. The number of hydrogen-bond donors (Lipinski definition) is 1. The lowest BCUT2D eigenvalue weighted by molar-refractivity contribution is -0.274. The van der Waals surface area contributed by atoms with Crippen LogP contribution in [0.15, 0.2) is 30.5 Å². The highest BCUT2D eigenvalue weighted by molar-refractivity contribution is 7.16. The van der Waals surface area contributed by atoms with Crippen LogP contribution in [0.1, 0.15) is 20.8 Å². The van der Waals surface area contributed by atoms with Gasteiger partial charge in [0.25, 0.3) is 5.91 Å². The van der Waals surface area contributed by atoms with Crippen LogP contribution < -0.4 is 15.2 Å². The molecule has 0 bridgehead atoms. The maximum absolute atomic E-state index is 12.3. The fourth-order valence-corrected chi connectivity index (χ4v) is 4.33. The van der Waals surface area contributed by atoms with Crippen LogP contribution >= 0.6 is 11.3 Å². The van der Waals surface area contributed by atoms with Crippen LogP contribution in [0, 0.1) is 0 Å². The summed E-state index contributed by atoms with van der Waals surface area (Å²) in [6.07, 6.45) is -1.63. The maximum Gasteiger partial charge on any atom is 0.573 e. The van der Waals surface area contributed by atoms with Crippen LogP contribution in [-0.4, -0.2) is 22.1 Å². The Morgan fingerprint density at radius 3 is 2.54 bits per heavy atom. The molecule has 0 unspecified atom stereocenters. The van der Waals surface area contributed by atoms with Crippen molar-refractivity contribution in [2.45, 2.75) is 19.2 Å². The van der Waals surface area contributed by atoms with Crippen LogP contribution in [0.25, 0.3) is 11.3 Å². The maximum atomic E-state index is 12.3. The molecule has 0 saturated carbocycles. The van der Waals surface area contributed by atoms with Gasteiger partial charge in [-0.2, -0.15) is 5.10 Å². The van der Waals surface area contributed by atoms with Gasteiger partial charge in [-0.15, -0.1) is 13.2 Å². The predicted octanol–water partition coefficient (Wildman–Crippen LogP) is 4.04. The van der Waals surface area contributed by atoms with Gasteiger partial charge in [0, 0.05) is 7.05 Å². The molecule has 146 valence electrons. The lowest BCUT2D eigenvalue weighted by Gasteiger charge is -2.16. The summed E-state index contributed by atoms with van der Waals surface area (Å²) >= 11 is 1.12. The second kappa shape index (κ2) is 6.55. The summed E-state index contributed by atoms with van der Waals surface area (Å²) < 4.78 is 48.4. The van der Waals surface area contributed by atoms with E-state index in [-0.39, 0.29) is 5.75 Å². The Labute approximate surface area is 161 Å². The number of amides is 1. The monoisotopic (exact) mass is 409 g/mol. The van der Waals surface area contributed by atoms with Crippen molar-refractivity contribution in [1.82, 2.24) is 9.78 Å². The molecule has 1 amide bonds. The van der Waals surface area contributed by atoms with Crippen molar-refractivity contribution >= 4 is 17.2 Å². The standard InChI is InChI=1S/C18H14F3N3O3S/c1-24-14-9(8-23-24)2-7-12-13(14)17(28-15(12)16(22)25)26-10-3-5-11(6-4-10)27-18(19,20)21/h3-6,8H,2,7H2,1H3,(H2,22,25). The third kappa shape index (κ3) is 3.31. The van der Waals surface area contributed by atoms with Crippen molar-refractivity contribution in [3.05, 3.63) is 46.5 Å². The van der Waals surface area contributed by atoms with E-state index >= 15 is 0 Å². The molecule has 1 aliphatic rings. The van der Waals surface area contributed by atoms with Gasteiger partial charge >= 0.3 is 6.36 Å². The number of nitrogens with two attached hydrogens (primary N) is 1. The zero-order valence-electron chi connectivity index (χ0n) is 14.5. The number of primary amides is 1. The number of alkyl halides is 3. The molecule has 0 radical (unpaired) electrons. The van der Waals surface area contributed by atoms with E-state index in [1.54, 1.807) is 17.9 Å². The second-order valence-electron chi connectivity index (χ2n) is 6.20. The minimum Gasteiger partial charge on any atom is -0.446 e. The summed E-state index contributed by atoms with van der Waals surface area (Å²) in [7, 11) is 1.79. The number of rotatable bonds is 4. The first-order valence-corrected chi connectivity index (χ1v) is 9.05. The summed E-state index contributed by atoms with van der Waals surface area (Å²) in [6, 6.07) is 5.05. The third-order valence-corrected chi connectivity index (χ3v) is 5.49. The van der Waals surface area contributed by atoms with Gasteiger partial charge in [-0.3, -0.25) is 9.48 Å². The van der Waals surface area contributed by atoms with Crippen molar-refractivity contribution in [1.29, 1.82) is 0 Å². The van der Waals surface area contributed by atoms with Gasteiger partial charge in [0.15, 0.2) is 5.06 Å². The quantitative estimate of drug-likeness (QED) is 0.706. The predicted molar refractivity (Wildman–Crippen MR) is 95.6 cm³/mol. The summed E-state index contributed by atoms with van der Waals surface area (Å²) in [5.41, 5.74) is 8.95. The normalized spacial score (nSPS) is 13.0. The topological polar surface area (TPSA) is 79.4 Å². The molecule has 1 aromatic carbocycles. The molecule has 3 aromatic rings. The fourth-order valence-electron chi connectivity index (χ4n) is 3.26. The number of aromatic nitrogens is 2. The Morgan fingerprint density at radius 2 is 1.89 bits per heavy atom. The lowest BCUT2D eigenvalue weighted by atomic mass is 9.91. The van der Waals surface area contributed by atoms with Gasteiger partial charge in [-0.05, 0) is 48.2 Å². The molecule has 0 aliphatic heterocycles. The smallest absolute Gasteiger partial charge is 0.446 e. The molecule has 4 rings (SSSR count). The van der Waals surface area contributed by atoms with Crippen molar-refractivity contribution in [2.24, 2.45) is 12.8 Å². The minimum absolute atomic E-state index is 0.309. The molecule has 0 atom stereocenters. The highest BCUT2D eigenvalue weighted by atomic mass is 32.1. The highest BCUT2D eigenvalue weighted by Crippen LogP contribution is 2.48. The number of benzene rings is 1. The lowest BCUT2D eigenvalue weighted by Crippen LogP contribution is -2.16. The third-order valence-electron chi connectivity index (χ3n) is 4.36. The molecule has 28 heavy (non-hydrogen) atoms. The van der Waals surface area contributed by atoms with Crippen molar-refractivity contribution in [2.75, 3.05) is 0 Å². The van der Waals surface area contributed by atoms with Crippen LogP contribution in [0.2, 0.25) is 0 Å². The molecule has 6 nitrogen and oxygen atoms in total. The van der Waals surface area contributed by atoms with Gasteiger partial charge < -0.3 is 15.2 Å². The number of carbonyl (C=O) groups excluding carboxylic acids is 1. The van der Waals surface area contributed by atoms with Crippen molar-refractivity contribution < 1.29 is 27.4 Å². The molecular formula is C18H14F3N3O3S. The zero-order valence-corrected chi connectivity index (χ0v) is 15.4. The number of carbonyl (C=O) groups is 1. The van der Waals surface area contributed by atoms with Gasteiger partial charge in [0.1, 0.15) is 11.5 Å². The Kier molecular flexibility index (Phi) is 4.30. The number of halogens is 3. The van der Waals surface area contributed by atoms with E-state index in [4.69, 9.17) is 10.5 Å². The number of thiophene rings is 1. The van der Waals surface area contributed by atoms with E-state index in [1.165, 1.54) is 12.1 Å². The summed E-state index contributed by atoms with van der Waals surface area (Å²) in [4.78, 5) is 12.3. The molecule has 0 saturated heterocycles. The van der Waals surface area contributed by atoms with Crippen molar-refractivity contribution in [3.8, 4) is 27.8 Å². The van der Waals surface area contributed by atoms with Crippen LogP contribution in [0.4, 0.5) is 13.2 Å². The molecule has 10 heteroatoms. The number of fused-ring (bicyclic) bond motifs is 3. The SMILES string of the molecule is Cn1ncc2c1-c1c(Oc3ccc(OC(F)(F)F)cc3)sc(C(N)=O)c1CC2. The van der Waals surface area contributed by atoms with Crippen molar-refractivity contribution in [3.63, 3.8) is 0 Å². The number of hydrogen-bond acceptors (Lipinski definition) is 5. The van der Waals surface area contributed by atoms with E-state index in [0.29, 0.717) is 22.1 Å². The number of ether oxygens (including phenoxy) is 2. The van der Waals surface area contributed by atoms with E-state index in [1.807, 2.05) is 0 Å². The zero-order chi connectivity index (χ0) is 20.1. The van der Waals surface area contributed by atoms with Gasteiger partial charge in [-0.25, -0.2) is 0 Å². The second-order valence-corrected chi connectivity index (χ2v) is 7.18. The van der Waals surface area contributed by atoms with E-state index in [0.717, 1.165) is 52.3 Å². The Balaban J connectivity index is 1.71. The molecule has 2 N–H and O–H groups in total. The Hall–Kier alpha value is -3.01. The summed E-state index contributed by atoms with van der Waals surface area (Å²) in [6.45, 7) is 0. The first-order valence-electron chi connectivity index (χ1n) is 8.23. The van der Waals surface area contributed by atoms with Gasteiger partial charge in [0.05, 0.1) is 22.3 Å². The molecule has 1 aliphatic carbocycles. The average Bonchev–Trinajstić information content (AvgIpc) is 3.16. The molecule has 2 aromatic heterocycles. The first-order chi connectivity index (χ1) is 13.2. The van der Waals surface area contributed by atoms with Crippen LogP contribution in [0.5, 0.6) is 16.6 Å². The first kappa shape index (κ1) is 18.4. The van der Waals surface area contributed by atoms with Gasteiger partial charge in [-0.1, -0.05) is 11.3 Å². The average molecular weight is 409 g/mol. The van der Waals surface area contributed by atoms with Crippen LogP contribution in [0.3, 0.4) is 0 Å². The molecule has 2 heterocycles. The summed E-state index contributed by atoms with van der Waals surface area (Å²) in [5.74, 6) is -0.584. The van der Waals surface area contributed by atoms with Gasteiger partial charge in [0.2, 0.25) is 0 Å². The van der Waals surface area contributed by atoms with E-state index in [2.05, 4.69) is 9.84 Å². The minimum atomic E-state index is -4.76. The number of nitrogens with zero attached hydrogens (tertiary/aromatic N) is 2. The highest BCUT2D eigenvalue weighted by Gasteiger charge is 2.32. The molecule has 0 spiro atoms. The molecule has 0 fully saturated rings. The van der Waals surface area contributed by atoms with Crippen LogP contribution in [-0.2, 0) is 19.9 Å².